The molecule has 16 heavy (non-hydrogen) atoms. The number of rotatable bonds is 2. The Morgan fingerprint density at radius 2 is 2.25 bits per heavy atom. The Kier molecular flexibility index (Phi) is 2.91. The van der Waals surface area contributed by atoms with Crippen molar-refractivity contribution in [3.63, 3.8) is 0 Å². The first kappa shape index (κ1) is 11.1. The fourth-order valence-electron chi connectivity index (χ4n) is 1.53. The van der Waals surface area contributed by atoms with Crippen molar-refractivity contribution in [2.24, 2.45) is 0 Å². The van der Waals surface area contributed by atoms with E-state index in [1.54, 1.807) is 6.07 Å². The molecule has 0 radical (unpaired) electrons. The zero-order chi connectivity index (χ0) is 11.7. The second kappa shape index (κ2) is 4.21. The third kappa shape index (κ3) is 1.92. The molecule has 0 aromatic carbocycles. The van der Waals surface area contributed by atoms with Gasteiger partial charge in [0.15, 0.2) is 5.78 Å². The fraction of sp³-hybridized carbons (Fsp3) is 0.300. The highest BCUT2D eigenvalue weighted by Crippen LogP contribution is 2.28. The summed E-state index contributed by atoms with van der Waals surface area (Å²) < 4.78 is 5.63. The van der Waals surface area contributed by atoms with Crippen molar-refractivity contribution in [1.82, 2.24) is 4.98 Å². The molecule has 1 aliphatic heterocycles. The number of ketones is 1. The van der Waals surface area contributed by atoms with Crippen LogP contribution in [0.15, 0.2) is 16.7 Å². The molecular formula is C10H9BrN2O3. The van der Waals surface area contributed by atoms with Crippen LogP contribution >= 0.6 is 15.9 Å². The summed E-state index contributed by atoms with van der Waals surface area (Å²) in [6, 6.07) is 1.71. The number of ether oxygens (including phenoxy) is 1. The quantitative estimate of drug-likeness (QED) is 0.765. The molecule has 0 bridgehead atoms. The first-order chi connectivity index (χ1) is 7.61. The van der Waals surface area contributed by atoms with Crippen molar-refractivity contribution in [3.05, 3.63) is 16.7 Å². The molecule has 1 aromatic rings. The van der Waals surface area contributed by atoms with Crippen LogP contribution in [-0.2, 0) is 9.59 Å². The van der Waals surface area contributed by atoms with E-state index in [2.05, 4.69) is 20.9 Å². The number of nitrogens with zero attached hydrogens (tertiary/aromatic N) is 2. The largest absolute Gasteiger partial charge is 0.480 e. The van der Waals surface area contributed by atoms with Crippen LogP contribution in [0, 0.1) is 0 Å². The van der Waals surface area contributed by atoms with Crippen LogP contribution in [0.3, 0.4) is 0 Å². The van der Waals surface area contributed by atoms with Crippen LogP contribution in [0.2, 0.25) is 0 Å². The standard InChI is InChI=1S/C10H9BrN2O3/c1-16-10-8(11)2-6(4-12-10)13-5-7(14)3-9(13)15/h2,4H,3,5H2,1H3. The third-order valence-electron chi connectivity index (χ3n) is 2.28. The van der Waals surface area contributed by atoms with Crippen LogP contribution in [0.4, 0.5) is 5.69 Å². The molecule has 1 fully saturated rings. The van der Waals surface area contributed by atoms with Crippen molar-refractivity contribution in [2.75, 3.05) is 18.6 Å². The van der Waals surface area contributed by atoms with Gasteiger partial charge in [0.1, 0.15) is 0 Å². The minimum Gasteiger partial charge on any atom is -0.480 e. The maximum atomic E-state index is 11.5. The lowest BCUT2D eigenvalue weighted by molar-refractivity contribution is -0.121. The number of pyridine rings is 1. The molecule has 1 aromatic heterocycles. The normalized spacial score (nSPS) is 15.8. The van der Waals surface area contributed by atoms with Gasteiger partial charge in [0.25, 0.3) is 0 Å². The molecule has 2 heterocycles. The van der Waals surface area contributed by atoms with Gasteiger partial charge in [-0.2, -0.15) is 0 Å². The van der Waals surface area contributed by atoms with Gasteiger partial charge in [-0.3, -0.25) is 9.59 Å². The molecule has 0 saturated carbocycles. The molecular weight excluding hydrogens is 276 g/mol. The Hall–Kier alpha value is -1.43. The molecule has 0 N–H and O–H groups in total. The van der Waals surface area contributed by atoms with Gasteiger partial charge in [-0.05, 0) is 22.0 Å². The number of hydrogen-bond acceptors (Lipinski definition) is 4. The second-order valence-electron chi connectivity index (χ2n) is 3.38. The second-order valence-corrected chi connectivity index (χ2v) is 4.23. The predicted octanol–water partition coefficient (Wildman–Crippen LogP) is 1.16. The molecule has 6 heteroatoms. The van der Waals surface area contributed by atoms with E-state index < -0.39 is 0 Å². The molecule has 5 nitrogen and oxygen atoms in total. The number of carbonyl (C=O) groups is 2. The summed E-state index contributed by atoms with van der Waals surface area (Å²) in [5.41, 5.74) is 0.600. The molecule has 0 spiro atoms. The highest BCUT2D eigenvalue weighted by atomic mass is 79.9. The molecule has 84 valence electrons. The van der Waals surface area contributed by atoms with Crippen LogP contribution in [0.5, 0.6) is 5.88 Å². The Morgan fingerprint density at radius 1 is 1.50 bits per heavy atom. The lowest BCUT2D eigenvalue weighted by Gasteiger charge is -2.15. The molecule has 0 aliphatic carbocycles. The van der Waals surface area contributed by atoms with E-state index in [-0.39, 0.29) is 24.7 Å². The van der Waals surface area contributed by atoms with Gasteiger partial charge in [0.2, 0.25) is 11.8 Å². The summed E-state index contributed by atoms with van der Waals surface area (Å²) in [6.07, 6.45) is 1.49. The number of Topliss-reactive ketones (excluding diaryl/α,β-unsaturated/α-hetero) is 1. The van der Waals surface area contributed by atoms with E-state index in [0.717, 1.165) is 0 Å². The molecule has 2 rings (SSSR count). The zero-order valence-electron chi connectivity index (χ0n) is 8.57. The van der Waals surface area contributed by atoms with Crippen LogP contribution in [0.25, 0.3) is 0 Å². The minimum atomic E-state index is -0.191. The first-order valence-electron chi connectivity index (χ1n) is 4.63. The van der Waals surface area contributed by atoms with Gasteiger partial charge in [-0.25, -0.2) is 4.98 Å². The van der Waals surface area contributed by atoms with Crippen LogP contribution in [0.1, 0.15) is 6.42 Å². The van der Waals surface area contributed by atoms with Gasteiger partial charge in [-0.15, -0.1) is 0 Å². The van der Waals surface area contributed by atoms with E-state index >= 15 is 0 Å². The lowest BCUT2D eigenvalue weighted by atomic mass is 10.3. The van der Waals surface area contributed by atoms with Crippen molar-refractivity contribution < 1.29 is 14.3 Å². The lowest BCUT2D eigenvalue weighted by Crippen LogP contribution is -2.24. The number of methoxy groups -OCH3 is 1. The summed E-state index contributed by atoms with van der Waals surface area (Å²) in [5, 5.41) is 0. The maximum Gasteiger partial charge on any atom is 0.234 e. The van der Waals surface area contributed by atoms with Crippen molar-refractivity contribution >= 4 is 33.3 Å². The summed E-state index contributed by atoms with van der Waals surface area (Å²) in [4.78, 5) is 28.1. The molecule has 0 atom stereocenters. The summed E-state index contributed by atoms with van der Waals surface area (Å²) in [7, 11) is 1.51. The highest BCUT2D eigenvalue weighted by Gasteiger charge is 2.29. The van der Waals surface area contributed by atoms with Crippen LogP contribution < -0.4 is 9.64 Å². The van der Waals surface area contributed by atoms with Gasteiger partial charge >= 0.3 is 0 Å². The smallest absolute Gasteiger partial charge is 0.234 e. The van der Waals surface area contributed by atoms with Gasteiger partial charge in [0.05, 0.1) is 36.4 Å². The Bertz CT molecular complexity index is 461. The topological polar surface area (TPSA) is 59.5 Å². The van der Waals surface area contributed by atoms with E-state index in [1.807, 2.05) is 0 Å². The highest BCUT2D eigenvalue weighted by molar-refractivity contribution is 9.10. The molecule has 1 aliphatic rings. The number of aromatic nitrogens is 1. The SMILES string of the molecule is COc1ncc(N2CC(=O)CC2=O)cc1Br. The number of amides is 1. The minimum absolute atomic E-state index is 0.0242. The van der Waals surface area contributed by atoms with Crippen molar-refractivity contribution in [2.45, 2.75) is 6.42 Å². The summed E-state index contributed by atoms with van der Waals surface area (Å²) >= 11 is 3.28. The Labute approximate surface area is 101 Å². The van der Waals surface area contributed by atoms with E-state index in [4.69, 9.17) is 4.74 Å². The Morgan fingerprint density at radius 3 is 2.75 bits per heavy atom. The maximum absolute atomic E-state index is 11.5. The average molecular weight is 285 g/mol. The fourth-order valence-corrected chi connectivity index (χ4v) is 2.03. The predicted molar refractivity (Wildman–Crippen MR) is 60.5 cm³/mol. The third-order valence-corrected chi connectivity index (χ3v) is 2.85. The number of hydrogen-bond donors (Lipinski definition) is 0. The summed E-state index contributed by atoms with van der Waals surface area (Å²) in [6.45, 7) is 0.124. The molecule has 1 amide bonds. The van der Waals surface area contributed by atoms with Gasteiger partial charge in [-0.1, -0.05) is 0 Å². The van der Waals surface area contributed by atoms with Gasteiger partial charge < -0.3 is 9.64 Å². The molecule has 0 unspecified atom stereocenters. The van der Waals surface area contributed by atoms with Crippen LogP contribution in [-0.4, -0.2) is 30.3 Å². The Balaban J connectivity index is 2.31. The van der Waals surface area contributed by atoms with Gasteiger partial charge in [0, 0.05) is 0 Å². The van der Waals surface area contributed by atoms with E-state index in [0.29, 0.717) is 16.0 Å². The monoisotopic (exact) mass is 284 g/mol. The number of carbonyl (C=O) groups excluding carboxylic acids is 2. The van der Waals surface area contributed by atoms with E-state index in [9.17, 15) is 9.59 Å². The van der Waals surface area contributed by atoms with E-state index in [1.165, 1.54) is 18.2 Å². The van der Waals surface area contributed by atoms with Crippen molar-refractivity contribution in [3.8, 4) is 5.88 Å². The number of halogens is 1. The number of anilines is 1. The zero-order valence-corrected chi connectivity index (χ0v) is 10.2. The average Bonchev–Trinajstić information content (AvgIpc) is 2.58. The first-order valence-corrected chi connectivity index (χ1v) is 5.42. The van der Waals surface area contributed by atoms with Crippen molar-refractivity contribution in [1.29, 1.82) is 0 Å². The summed E-state index contributed by atoms with van der Waals surface area (Å²) in [5.74, 6) is 0.183. The molecule has 1 saturated heterocycles.